The van der Waals surface area contributed by atoms with Gasteiger partial charge in [0, 0.05) is 25.3 Å². The second-order valence-corrected chi connectivity index (χ2v) is 7.69. The lowest BCUT2D eigenvalue weighted by Crippen LogP contribution is -2.48. The Balaban J connectivity index is 1.50. The molecule has 2 aromatic carbocycles. The SMILES string of the molecule is O=C(c1ccccc1OC(F)F)N1CCC[C@H](C(=O)N2CCCc3ccccc32)C1. The number of alkyl halides is 2. The van der Waals surface area contributed by atoms with Crippen molar-refractivity contribution in [2.24, 2.45) is 5.92 Å². The predicted octanol–water partition coefficient (Wildman–Crippen LogP) is 4.12. The monoisotopic (exact) mass is 414 g/mol. The number of hydrogen-bond donors (Lipinski definition) is 0. The lowest BCUT2D eigenvalue weighted by atomic mass is 9.93. The number of hydrogen-bond acceptors (Lipinski definition) is 3. The van der Waals surface area contributed by atoms with Crippen LogP contribution < -0.4 is 9.64 Å². The molecular weight excluding hydrogens is 390 g/mol. The van der Waals surface area contributed by atoms with E-state index in [2.05, 4.69) is 4.74 Å². The molecule has 0 bridgehead atoms. The molecule has 0 N–H and O–H groups in total. The van der Waals surface area contributed by atoms with Gasteiger partial charge in [-0.25, -0.2) is 0 Å². The molecule has 0 aromatic heterocycles. The summed E-state index contributed by atoms with van der Waals surface area (Å²) in [5.41, 5.74) is 2.21. The van der Waals surface area contributed by atoms with E-state index in [-0.39, 0.29) is 35.6 Å². The third kappa shape index (κ3) is 4.15. The van der Waals surface area contributed by atoms with Gasteiger partial charge >= 0.3 is 6.61 Å². The molecule has 0 radical (unpaired) electrons. The van der Waals surface area contributed by atoms with Gasteiger partial charge in [-0.1, -0.05) is 30.3 Å². The molecule has 158 valence electrons. The van der Waals surface area contributed by atoms with Gasteiger partial charge in [-0.15, -0.1) is 0 Å². The molecule has 2 aromatic rings. The van der Waals surface area contributed by atoms with Crippen molar-refractivity contribution in [3.8, 4) is 5.75 Å². The fourth-order valence-electron chi connectivity index (χ4n) is 4.36. The maximum Gasteiger partial charge on any atom is 0.387 e. The van der Waals surface area contributed by atoms with Gasteiger partial charge in [0.15, 0.2) is 0 Å². The van der Waals surface area contributed by atoms with Gasteiger partial charge in [-0.05, 0) is 49.4 Å². The van der Waals surface area contributed by atoms with Crippen LogP contribution in [0.4, 0.5) is 14.5 Å². The average molecular weight is 414 g/mol. The fourth-order valence-corrected chi connectivity index (χ4v) is 4.36. The Morgan fingerprint density at radius 2 is 1.77 bits per heavy atom. The summed E-state index contributed by atoms with van der Waals surface area (Å²) in [6.07, 6.45) is 3.26. The summed E-state index contributed by atoms with van der Waals surface area (Å²) in [4.78, 5) is 29.7. The van der Waals surface area contributed by atoms with Crippen molar-refractivity contribution in [2.75, 3.05) is 24.5 Å². The van der Waals surface area contributed by atoms with Crippen LogP contribution in [-0.2, 0) is 11.2 Å². The Bertz CT molecular complexity index is 934. The van der Waals surface area contributed by atoms with E-state index in [4.69, 9.17) is 0 Å². The van der Waals surface area contributed by atoms with Crippen molar-refractivity contribution in [3.05, 3.63) is 59.7 Å². The van der Waals surface area contributed by atoms with Crippen molar-refractivity contribution in [2.45, 2.75) is 32.3 Å². The highest BCUT2D eigenvalue weighted by Gasteiger charge is 2.34. The van der Waals surface area contributed by atoms with Crippen LogP contribution in [0, 0.1) is 5.92 Å². The van der Waals surface area contributed by atoms with Crippen LogP contribution in [0.1, 0.15) is 35.2 Å². The summed E-state index contributed by atoms with van der Waals surface area (Å²) in [7, 11) is 0. The smallest absolute Gasteiger partial charge is 0.387 e. The van der Waals surface area contributed by atoms with Gasteiger partial charge < -0.3 is 14.5 Å². The normalized spacial score (nSPS) is 18.8. The van der Waals surface area contributed by atoms with Crippen LogP contribution >= 0.6 is 0 Å². The lowest BCUT2D eigenvalue weighted by molar-refractivity contribution is -0.123. The van der Waals surface area contributed by atoms with Gasteiger partial charge in [-0.3, -0.25) is 9.59 Å². The minimum absolute atomic E-state index is 0.0248. The van der Waals surface area contributed by atoms with Gasteiger partial charge in [-0.2, -0.15) is 8.78 Å². The molecule has 0 spiro atoms. The number of likely N-dealkylation sites (tertiary alicyclic amines) is 1. The molecule has 0 saturated carbocycles. The van der Waals surface area contributed by atoms with Gasteiger partial charge in [0.2, 0.25) is 5.91 Å². The standard InChI is InChI=1S/C23H24F2N2O3/c24-23(25)30-20-12-4-2-10-18(20)22(29)26-13-5-9-17(15-26)21(28)27-14-6-8-16-7-1-3-11-19(16)27/h1-4,7,10-12,17,23H,5-6,8-9,13-15H2/t17-/m0/s1. The number of rotatable bonds is 4. The molecular formula is C23H24F2N2O3. The number of fused-ring (bicyclic) bond motifs is 1. The summed E-state index contributed by atoms with van der Waals surface area (Å²) in [5, 5.41) is 0. The summed E-state index contributed by atoms with van der Waals surface area (Å²) in [6.45, 7) is -1.57. The van der Waals surface area contributed by atoms with Crippen LogP contribution in [-0.4, -0.2) is 43.0 Å². The van der Waals surface area contributed by atoms with E-state index in [1.807, 2.05) is 29.2 Å². The number of halogens is 2. The number of amides is 2. The third-order valence-corrected chi connectivity index (χ3v) is 5.77. The minimum atomic E-state index is -3.01. The Morgan fingerprint density at radius 1 is 1.00 bits per heavy atom. The van der Waals surface area contributed by atoms with Gasteiger partial charge in [0.05, 0.1) is 11.5 Å². The number of aryl methyl sites for hydroxylation is 1. The van der Waals surface area contributed by atoms with Crippen molar-refractivity contribution >= 4 is 17.5 Å². The molecule has 1 atom stereocenters. The van der Waals surface area contributed by atoms with Crippen LogP contribution in [0.5, 0.6) is 5.75 Å². The second-order valence-electron chi connectivity index (χ2n) is 7.69. The van der Waals surface area contributed by atoms with E-state index >= 15 is 0 Å². The molecule has 1 fully saturated rings. The number of anilines is 1. The zero-order chi connectivity index (χ0) is 21.1. The Morgan fingerprint density at radius 3 is 2.60 bits per heavy atom. The molecule has 2 aliphatic heterocycles. The van der Waals surface area contributed by atoms with Crippen molar-refractivity contribution < 1.29 is 23.1 Å². The van der Waals surface area contributed by atoms with Gasteiger partial charge in [0.1, 0.15) is 5.75 Å². The largest absolute Gasteiger partial charge is 0.434 e. The molecule has 30 heavy (non-hydrogen) atoms. The van der Waals surface area contributed by atoms with Crippen LogP contribution in [0.25, 0.3) is 0 Å². The topological polar surface area (TPSA) is 49.9 Å². The zero-order valence-electron chi connectivity index (χ0n) is 16.6. The fraction of sp³-hybridized carbons (Fsp3) is 0.391. The molecule has 7 heteroatoms. The van der Waals surface area contributed by atoms with Crippen molar-refractivity contribution in [3.63, 3.8) is 0 Å². The summed E-state index contributed by atoms with van der Waals surface area (Å²) in [6, 6.07) is 13.9. The third-order valence-electron chi connectivity index (χ3n) is 5.77. The maximum absolute atomic E-state index is 13.3. The van der Waals surface area contributed by atoms with Crippen LogP contribution in [0.15, 0.2) is 48.5 Å². The zero-order valence-corrected chi connectivity index (χ0v) is 16.6. The Labute approximate surface area is 174 Å². The first-order chi connectivity index (χ1) is 14.5. The van der Waals surface area contributed by atoms with Crippen molar-refractivity contribution in [1.82, 2.24) is 4.90 Å². The van der Waals surface area contributed by atoms with Gasteiger partial charge in [0.25, 0.3) is 5.91 Å². The molecule has 0 unspecified atom stereocenters. The van der Waals surface area contributed by atoms with E-state index < -0.39 is 6.61 Å². The van der Waals surface area contributed by atoms with Crippen LogP contribution in [0.3, 0.4) is 0 Å². The number of benzene rings is 2. The van der Waals surface area contributed by atoms with Crippen molar-refractivity contribution in [1.29, 1.82) is 0 Å². The molecule has 2 aliphatic rings. The second kappa shape index (κ2) is 8.81. The van der Waals surface area contributed by atoms with E-state index in [9.17, 15) is 18.4 Å². The highest BCUT2D eigenvalue weighted by molar-refractivity contribution is 5.99. The van der Waals surface area contributed by atoms with E-state index in [0.29, 0.717) is 25.9 Å². The number of para-hydroxylation sites is 2. The number of piperidine rings is 1. The molecule has 0 aliphatic carbocycles. The first-order valence-electron chi connectivity index (χ1n) is 10.3. The number of carbonyl (C=O) groups is 2. The summed E-state index contributed by atoms with van der Waals surface area (Å²) in [5.74, 6) is -0.812. The van der Waals surface area contributed by atoms with E-state index in [0.717, 1.165) is 18.5 Å². The number of carbonyl (C=O) groups excluding carboxylic acids is 2. The van der Waals surface area contributed by atoms with Crippen LogP contribution in [0.2, 0.25) is 0 Å². The quantitative estimate of drug-likeness (QED) is 0.756. The lowest BCUT2D eigenvalue weighted by Gasteiger charge is -2.37. The summed E-state index contributed by atoms with van der Waals surface area (Å²) >= 11 is 0. The number of ether oxygens (including phenoxy) is 1. The predicted molar refractivity (Wildman–Crippen MR) is 109 cm³/mol. The molecule has 5 nitrogen and oxygen atoms in total. The molecule has 2 heterocycles. The highest BCUT2D eigenvalue weighted by Crippen LogP contribution is 2.31. The highest BCUT2D eigenvalue weighted by atomic mass is 19.3. The Hall–Kier alpha value is -2.96. The average Bonchev–Trinajstić information content (AvgIpc) is 2.78. The minimum Gasteiger partial charge on any atom is -0.434 e. The molecule has 2 amide bonds. The Kier molecular flexibility index (Phi) is 5.97. The first-order valence-corrected chi connectivity index (χ1v) is 10.3. The summed E-state index contributed by atoms with van der Waals surface area (Å²) < 4.78 is 29.9. The number of nitrogens with zero attached hydrogens (tertiary/aromatic N) is 2. The van der Waals surface area contributed by atoms with E-state index in [1.54, 1.807) is 17.0 Å². The van der Waals surface area contributed by atoms with E-state index in [1.165, 1.54) is 17.7 Å². The molecule has 4 rings (SSSR count). The first kappa shape index (κ1) is 20.3. The molecule has 1 saturated heterocycles. The maximum atomic E-state index is 13.3.